The standard InChI is InChI=1S/C9H13N5O2/c15-2-4-16-3-1-10-8-7-9(12-5-11-7)14-6-13-8/h5-6,15H,1-4H2,(H2,10,11,12,13,14)/p+1. The average molecular weight is 224 g/mol. The molecule has 2 aromatic heterocycles. The third-order valence-corrected chi connectivity index (χ3v) is 2.05. The van der Waals surface area contributed by atoms with Gasteiger partial charge in [0.15, 0.2) is 5.52 Å². The molecule has 0 aliphatic carbocycles. The molecule has 0 amide bonds. The van der Waals surface area contributed by atoms with Gasteiger partial charge in [-0.25, -0.2) is 9.97 Å². The maximum Gasteiger partial charge on any atom is 0.260 e. The summed E-state index contributed by atoms with van der Waals surface area (Å²) in [4.78, 5) is 14.1. The molecule has 0 aliphatic heterocycles. The number of hydrogen-bond acceptors (Lipinski definition) is 5. The number of anilines is 1. The van der Waals surface area contributed by atoms with E-state index in [-0.39, 0.29) is 6.61 Å². The van der Waals surface area contributed by atoms with Crippen LogP contribution < -0.4 is 10.3 Å². The first-order chi connectivity index (χ1) is 7.92. The lowest BCUT2D eigenvalue weighted by Crippen LogP contribution is -2.18. The maximum absolute atomic E-state index is 8.52. The first kappa shape index (κ1) is 10.8. The van der Waals surface area contributed by atoms with Gasteiger partial charge in [0.05, 0.1) is 32.7 Å². The number of ether oxygens (including phenoxy) is 1. The van der Waals surface area contributed by atoms with Crippen molar-refractivity contribution in [2.24, 2.45) is 0 Å². The third kappa shape index (κ3) is 2.44. The Morgan fingerprint density at radius 2 is 2.38 bits per heavy atom. The maximum atomic E-state index is 8.52. The lowest BCUT2D eigenvalue weighted by atomic mass is 10.5. The fraction of sp³-hybridized carbons (Fsp3) is 0.444. The predicted octanol–water partition coefficient (Wildman–Crippen LogP) is -0.807. The Hall–Kier alpha value is -1.73. The van der Waals surface area contributed by atoms with Crippen molar-refractivity contribution in [1.82, 2.24) is 15.0 Å². The van der Waals surface area contributed by atoms with Crippen LogP contribution in [-0.2, 0) is 4.74 Å². The number of fused-ring (bicyclic) bond motifs is 1. The molecule has 0 bridgehead atoms. The monoisotopic (exact) mass is 224 g/mol. The number of imidazole rings is 1. The van der Waals surface area contributed by atoms with Gasteiger partial charge in [0, 0.05) is 0 Å². The number of aromatic amines is 2. The smallest absolute Gasteiger partial charge is 0.260 e. The molecule has 0 saturated carbocycles. The summed E-state index contributed by atoms with van der Waals surface area (Å²) in [5.74, 6) is 0.829. The predicted molar refractivity (Wildman–Crippen MR) is 56.8 cm³/mol. The molecular weight excluding hydrogens is 210 g/mol. The summed E-state index contributed by atoms with van der Waals surface area (Å²) in [6.07, 6.45) is 3.18. The van der Waals surface area contributed by atoms with Crippen molar-refractivity contribution in [3.8, 4) is 0 Å². The van der Waals surface area contributed by atoms with E-state index >= 15 is 0 Å². The van der Waals surface area contributed by atoms with Gasteiger partial charge >= 0.3 is 0 Å². The van der Waals surface area contributed by atoms with Crippen molar-refractivity contribution in [3.05, 3.63) is 12.7 Å². The molecule has 0 fully saturated rings. The van der Waals surface area contributed by atoms with Crippen molar-refractivity contribution >= 4 is 17.0 Å². The lowest BCUT2D eigenvalue weighted by Gasteiger charge is -2.01. The molecule has 0 unspecified atom stereocenters. The molecule has 0 saturated heterocycles. The second-order valence-electron chi connectivity index (χ2n) is 3.14. The lowest BCUT2D eigenvalue weighted by molar-refractivity contribution is -0.364. The highest BCUT2D eigenvalue weighted by Crippen LogP contribution is 2.10. The highest BCUT2D eigenvalue weighted by Gasteiger charge is 2.09. The summed E-state index contributed by atoms with van der Waals surface area (Å²) < 4.78 is 5.13. The van der Waals surface area contributed by atoms with E-state index in [4.69, 9.17) is 9.84 Å². The number of rotatable bonds is 6. The Labute approximate surface area is 91.9 Å². The van der Waals surface area contributed by atoms with Gasteiger partial charge in [-0.3, -0.25) is 0 Å². The molecule has 0 atom stereocenters. The van der Waals surface area contributed by atoms with Gasteiger partial charge in [-0.15, -0.1) is 0 Å². The minimum absolute atomic E-state index is 0.0478. The number of H-pyrrole nitrogens is 2. The fourth-order valence-corrected chi connectivity index (χ4v) is 1.35. The quantitative estimate of drug-likeness (QED) is 0.558. The molecular formula is C9H14N5O2+. The van der Waals surface area contributed by atoms with E-state index < -0.39 is 0 Å². The van der Waals surface area contributed by atoms with E-state index in [9.17, 15) is 0 Å². The Kier molecular flexibility index (Phi) is 3.62. The minimum atomic E-state index is 0.0478. The van der Waals surface area contributed by atoms with Crippen LogP contribution in [0, 0.1) is 0 Å². The van der Waals surface area contributed by atoms with Crippen LogP contribution in [0.2, 0.25) is 0 Å². The van der Waals surface area contributed by atoms with Gasteiger partial charge in [0.25, 0.3) is 5.65 Å². The molecule has 2 rings (SSSR count). The summed E-state index contributed by atoms with van der Waals surface area (Å²) >= 11 is 0. The molecule has 86 valence electrons. The molecule has 2 heterocycles. The van der Waals surface area contributed by atoms with Gasteiger partial charge < -0.3 is 20.1 Å². The zero-order chi connectivity index (χ0) is 11.2. The second kappa shape index (κ2) is 5.38. The highest BCUT2D eigenvalue weighted by molar-refractivity contribution is 5.79. The largest absolute Gasteiger partial charge is 0.394 e. The van der Waals surface area contributed by atoms with Crippen LogP contribution in [-0.4, -0.2) is 46.4 Å². The van der Waals surface area contributed by atoms with Crippen molar-refractivity contribution in [1.29, 1.82) is 0 Å². The summed E-state index contributed by atoms with van der Waals surface area (Å²) in [6.45, 7) is 1.59. The molecule has 0 radical (unpaired) electrons. The molecule has 2 aromatic rings. The summed E-state index contributed by atoms with van der Waals surface area (Å²) in [7, 11) is 0. The van der Waals surface area contributed by atoms with Crippen LogP contribution in [0.15, 0.2) is 12.7 Å². The van der Waals surface area contributed by atoms with Crippen LogP contribution in [0.25, 0.3) is 11.2 Å². The molecule has 7 nitrogen and oxygen atoms in total. The molecule has 16 heavy (non-hydrogen) atoms. The fourth-order valence-electron chi connectivity index (χ4n) is 1.35. The van der Waals surface area contributed by atoms with Gasteiger partial charge in [-0.2, -0.15) is 0 Å². The Bertz CT molecular complexity index is 444. The topological polar surface area (TPSA) is 97.2 Å². The summed E-state index contributed by atoms with van der Waals surface area (Å²) in [5.41, 5.74) is 1.50. The number of aromatic nitrogens is 4. The summed E-state index contributed by atoms with van der Waals surface area (Å²) in [5, 5.41) is 11.7. The highest BCUT2D eigenvalue weighted by atomic mass is 16.5. The molecule has 0 aliphatic rings. The minimum Gasteiger partial charge on any atom is -0.394 e. The van der Waals surface area contributed by atoms with E-state index in [1.165, 1.54) is 0 Å². The van der Waals surface area contributed by atoms with Gasteiger partial charge in [-0.1, -0.05) is 4.98 Å². The normalized spacial score (nSPS) is 10.8. The van der Waals surface area contributed by atoms with Crippen LogP contribution in [0.3, 0.4) is 0 Å². The zero-order valence-corrected chi connectivity index (χ0v) is 8.73. The van der Waals surface area contributed by atoms with Crippen LogP contribution in [0.1, 0.15) is 0 Å². The van der Waals surface area contributed by atoms with E-state index in [1.807, 2.05) is 0 Å². The molecule has 7 heteroatoms. The van der Waals surface area contributed by atoms with Gasteiger partial charge in [0.1, 0.15) is 0 Å². The van der Waals surface area contributed by atoms with Crippen molar-refractivity contribution in [2.45, 2.75) is 0 Å². The molecule has 4 N–H and O–H groups in total. The SMILES string of the molecule is OCCOCCNc1[nH+]cnc2nc[nH]c12. The second-order valence-corrected chi connectivity index (χ2v) is 3.14. The number of nitrogens with one attached hydrogen (secondary N) is 3. The van der Waals surface area contributed by atoms with Crippen molar-refractivity contribution in [3.63, 3.8) is 0 Å². The number of hydrogen-bond donors (Lipinski definition) is 3. The summed E-state index contributed by atoms with van der Waals surface area (Å²) in [6, 6.07) is 0. The van der Waals surface area contributed by atoms with Crippen LogP contribution in [0.5, 0.6) is 0 Å². The Balaban J connectivity index is 1.91. The Morgan fingerprint density at radius 1 is 1.44 bits per heavy atom. The number of aliphatic hydroxyl groups is 1. The first-order valence-electron chi connectivity index (χ1n) is 5.04. The average Bonchev–Trinajstić information content (AvgIpc) is 2.77. The zero-order valence-electron chi connectivity index (χ0n) is 8.73. The van der Waals surface area contributed by atoms with E-state index in [1.54, 1.807) is 12.7 Å². The molecule has 0 aromatic carbocycles. The third-order valence-electron chi connectivity index (χ3n) is 2.05. The number of nitrogens with zero attached hydrogens (tertiary/aromatic N) is 2. The van der Waals surface area contributed by atoms with E-state index in [0.29, 0.717) is 25.4 Å². The van der Waals surface area contributed by atoms with Gasteiger partial charge in [0.2, 0.25) is 12.1 Å². The van der Waals surface area contributed by atoms with E-state index in [2.05, 4.69) is 25.3 Å². The Morgan fingerprint density at radius 3 is 3.25 bits per heavy atom. The molecule has 0 spiro atoms. The van der Waals surface area contributed by atoms with Crippen LogP contribution in [0.4, 0.5) is 5.82 Å². The van der Waals surface area contributed by atoms with Crippen molar-refractivity contribution < 1.29 is 14.8 Å². The van der Waals surface area contributed by atoms with E-state index in [0.717, 1.165) is 11.3 Å². The first-order valence-corrected chi connectivity index (χ1v) is 5.04. The van der Waals surface area contributed by atoms with Gasteiger partial charge in [-0.05, 0) is 0 Å². The van der Waals surface area contributed by atoms with Crippen LogP contribution >= 0.6 is 0 Å². The number of aliphatic hydroxyl groups excluding tert-OH is 1. The van der Waals surface area contributed by atoms with Crippen molar-refractivity contribution in [2.75, 3.05) is 31.7 Å².